The number of nitrogens with one attached hydrogen (secondary N) is 2. The molecule has 2 heterocycles. The van der Waals surface area contributed by atoms with Crippen LogP contribution in [0.4, 0.5) is 0 Å². The molecular formula is C18H22N6O3. The average molecular weight is 370 g/mol. The Morgan fingerprint density at radius 1 is 1.33 bits per heavy atom. The molecule has 9 nitrogen and oxygen atoms in total. The van der Waals surface area contributed by atoms with Crippen molar-refractivity contribution in [2.75, 3.05) is 0 Å². The zero-order valence-electron chi connectivity index (χ0n) is 15.4. The Bertz CT molecular complexity index is 902. The van der Waals surface area contributed by atoms with Gasteiger partial charge in [0.05, 0.1) is 11.9 Å². The number of carbonyl (C=O) groups is 2. The molecule has 9 heteroatoms. The molecule has 1 fully saturated rings. The fourth-order valence-corrected chi connectivity index (χ4v) is 3.81. The van der Waals surface area contributed by atoms with Crippen LogP contribution in [0.2, 0.25) is 0 Å². The summed E-state index contributed by atoms with van der Waals surface area (Å²) >= 11 is 0. The standard InChI is InChI=1S/C18H22N6O3/c1-18(2,3)15(17(26)23-27)21-16(25)13-11-7-9-6-10(9)14(11)24(22-13)12-8-19-4-5-20-12/h4-5,8-10,15,27H,6-7H2,1-3H3,(H,21,25)(H,23,26)/t9-,10-,15-/m1/s1. The molecule has 0 bridgehead atoms. The van der Waals surface area contributed by atoms with Gasteiger partial charge in [-0.1, -0.05) is 20.8 Å². The summed E-state index contributed by atoms with van der Waals surface area (Å²) in [4.78, 5) is 33.4. The normalized spacial score (nSPS) is 21.2. The Morgan fingerprint density at radius 2 is 2.11 bits per heavy atom. The predicted molar refractivity (Wildman–Crippen MR) is 94.3 cm³/mol. The second-order valence-corrected chi connectivity index (χ2v) is 8.24. The number of hydroxylamine groups is 1. The van der Waals surface area contributed by atoms with Crippen LogP contribution in [0.25, 0.3) is 5.82 Å². The first kappa shape index (κ1) is 17.6. The third-order valence-electron chi connectivity index (χ3n) is 5.26. The molecule has 0 saturated heterocycles. The maximum absolute atomic E-state index is 13.0. The van der Waals surface area contributed by atoms with E-state index in [1.54, 1.807) is 28.8 Å². The molecular weight excluding hydrogens is 348 g/mol. The molecule has 0 radical (unpaired) electrons. The van der Waals surface area contributed by atoms with E-state index in [9.17, 15) is 9.59 Å². The third kappa shape index (κ3) is 2.97. The zero-order valence-corrected chi connectivity index (χ0v) is 15.4. The smallest absolute Gasteiger partial charge is 0.272 e. The number of carbonyl (C=O) groups excluding carboxylic acids is 2. The van der Waals surface area contributed by atoms with E-state index in [2.05, 4.69) is 20.4 Å². The topological polar surface area (TPSA) is 122 Å². The molecule has 1 saturated carbocycles. The van der Waals surface area contributed by atoms with E-state index < -0.39 is 23.3 Å². The molecule has 142 valence electrons. The SMILES string of the molecule is CC(C)(C)[C@H](NC(=O)c1nn(-c2cnccn2)c2c1C[C@H]1C[C@@H]21)C(=O)NO. The Morgan fingerprint density at radius 3 is 2.74 bits per heavy atom. The molecule has 0 unspecified atom stereocenters. The number of nitrogens with zero attached hydrogens (tertiary/aromatic N) is 4. The van der Waals surface area contributed by atoms with Crippen molar-refractivity contribution in [2.24, 2.45) is 11.3 Å². The van der Waals surface area contributed by atoms with Crippen LogP contribution in [0.15, 0.2) is 18.6 Å². The number of fused-ring (bicyclic) bond motifs is 3. The molecule has 2 aliphatic carbocycles. The summed E-state index contributed by atoms with van der Waals surface area (Å²) < 4.78 is 1.70. The highest BCUT2D eigenvalue weighted by Crippen LogP contribution is 2.57. The van der Waals surface area contributed by atoms with Gasteiger partial charge in [0.25, 0.3) is 11.8 Å². The summed E-state index contributed by atoms with van der Waals surface area (Å²) in [6.45, 7) is 5.43. The van der Waals surface area contributed by atoms with Crippen LogP contribution in [-0.2, 0) is 11.2 Å². The first-order chi connectivity index (χ1) is 12.8. The molecule has 4 rings (SSSR count). The lowest BCUT2D eigenvalue weighted by atomic mass is 9.86. The van der Waals surface area contributed by atoms with Gasteiger partial charge in [0.1, 0.15) is 6.04 Å². The Hall–Kier alpha value is -2.81. The van der Waals surface area contributed by atoms with E-state index in [1.807, 2.05) is 20.8 Å². The van der Waals surface area contributed by atoms with Gasteiger partial charge in [-0.05, 0) is 24.2 Å². The molecule has 2 aromatic rings. The number of amides is 2. The van der Waals surface area contributed by atoms with Gasteiger partial charge in [0, 0.05) is 23.9 Å². The second-order valence-electron chi connectivity index (χ2n) is 8.24. The van der Waals surface area contributed by atoms with Gasteiger partial charge >= 0.3 is 0 Å². The van der Waals surface area contributed by atoms with Crippen molar-refractivity contribution in [1.29, 1.82) is 0 Å². The van der Waals surface area contributed by atoms with Gasteiger partial charge in [-0.3, -0.25) is 19.8 Å². The number of hydrogen-bond acceptors (Lipinski definition) is 6. The quantitative estimate of drug-likeness (QED) is 0.545. The molecule has 3 atom stereocenters. The lowest BCUT2D eigenvalue weighted by Crippen LogP contribution is -2.53. The number of rotatable bonds is 4. The van der Waals surface area contributed by atoms with Gasteiger partial charge in [0.15, 0.2) is 11.5 Å². The first-order valence-corrected chi connectivity index (χ1v) is 8.94. The van der Waals surface area contributed by atoms with Crippen LogP contribution in [0.5, 0.6) is 0 Å². The van der Waals surface area contributed by atoms with E-state index >= 15 is 0 Å². The van der Waals surface area contributed by atoms with E-state index in [1.165, 1.54) is 0 Å². The van der Waals surface area contributed by atoms with Gasteiger partial charge < -0.3 is 5.32 Å². The molecule has 2 amide bonds. The predicted octanol–water partition coefficient (Wildman–Crippen LogP) is 0.972. The average Bonchev–Trinajstić information content (AvgIpc) is 3.14. The lowest BCUT2D eigenvalue weighted by molar-refractivity contribution is -0.133. The maximum atomic E-state index is 13.0. The fraction of sp³-hybridized carbons (Fsp3) is 0.500. The van der Waals surface area contributed by atoms with Crippen LogP contribution in [0.3, 0.4) is 0 Å². The summed E-state index contributed by atoms with van der Waals surface area (Å²) in [6.07, 6.45) is 6.68. The van der Waals surface area contributed by atoms with Crippen molar-refractivity contribution in [3.05, 3.63) is 35.5 Å². The van der Waals surface area contributed by atoms with Crippen LogP contribution < -0.4 is 10.8 Å². The molecule has 3 N–H and O–H groups in total. The Kier molecular flexibility index (Phi) is 3.99. The van der Waals surface area contributed by atoms with Gasteiger partial charge in [0.2, 0.25) is 0 Å². The summed E-state index contributed by atoms with van der Waals surface area (Å²) in [7, 11) is 0. The first-order valence-electron chi connectivity index (χ1n) is 8.94. The molecule has 2 aromatic heterocycles. The largest absolute Gasteiger partial charge is 0.338 e. The molecule has 0 aliphatic heterocycles. The van der Waals surface area contributed by atoms with Crippen molar-refractivity contribution in [1.82, 2.24) is 30.5 Å². The molecule has 27 heavy (non-hydrogen) atoms. The minimum absolute atomic E-state index is 0.308. The Balaban J connectivity index is 1.69. The van der Waals surface area contributed by atoms with Crippen molar-refractivity contribution >= 4 is 11.8 Å². The highest BCUT2D eigenvalue weighted by molar-refractivity contribution is 5.97. The van der Waals surface area contributed by atoms with Crippen molar-refractivity contribution in [3.8, 4) is 5.82 Å². The fourth-order valence-electron chi connectivity index (χ4n) is 3.81. The van der Waals surface area contributed by atoms with Gasteiger partial charge in [-0.2, -0.15) is 5.10 Å². The number of aromatic nitrogens is 4. The molecule has 2 aliphatic rings. The highest BCUT2D eigenvalue weighted by atomic mass is 16.5. The van der Waals surface area contributed by atoms with Crippen LogP contribution in [0, 0.1) is 11.3 Å². The highest BCUT2D eigenvalue weighted by Gasteiger charge is 2.50. The van der Waals surface area contributed by atoms with Gasteiger partial charge in [-0.15, -0.1) is 0 Å². The van der Waals surface area contributed by atoms with Crippen LogP contribution >= 0.6 is 0 Å². The van der Waals surface area contributed by atoms with Crippen molar-refractivity contribution in [2.45, 2.75) is 45.6 Å². The lowest BCUT2D eigenvalue weighted by Gasteiger charge is -2.29. The summed E-state index contributed by atoms with van der Waals surface area (Å²) in [5.41, 5.74) is 3.29. The zero-order chi connectivity index (χ0) is 19.3. The minimum atomic E-state index is -0.900. The maximum Gasteiger partial charge on any atom is 0.272 e. The summed E-state index contributed by atoms with van der Waals surface area (Å²) in [6, 6.07) is -0.900. The monoisotopic (exact) mass is 370 g/mol. The van der Waals surface area contributed by atoms with E-state index in [0.29, 0.717) is 23.3 Å². The van der Waals surface area contributed by atoms with E-state index in [-0.39, 0.29) is 0 Å². The van der Waals surface area contributed by atoms with E-state index in [4.69, 9.17) is 5.21 Å². The minimum Gasteiger partial charge on any atom is -0.338 e. The Labute approximate surface area is 156 Å². The summed E-state index contributed by atoms with van der Waals surface area (Å²) in [5.74, 6) is 0.421. The summed E-state index contributed by atoms with van der Waals surface area (Å²) in [5, 5.41) is 16.2. The van der Waals surface area contributed by atoms with Crippen LogP contribution in [0.1, 0.15) is 54.9 Å². The molecule has 0 aromatic carbocycles. The van der Waals surface area contributed by atoms with Crippen molar-refractivity contribution in [3.63, 3.8) is 0 Å². The second kappa shape index (κ2) is 6.12. The van der Waals surface area contributed by atoms with Crippen molar-refractivity contribution < 1.29 is 14.8 Å². The third-order valence-corrected chi connectivity index (χ3v) is 5.26. The van der Waals surface area contributed by atoms with E-state index in [0.717, 1.165) is 24.1 Å². The number of hydrogen-bond donors (Lipinski definition) is 3. The molecule has 0 spiro atoms. The van der Waals surface area contributed by atoms with Gasteiger partial charge in [-0.25, -0.2) is 15.1 Å². The van der Waals surface area contributed by atoms with Crippen LogP contribution in [-0.4, -0.2) is 42.8 Å².